The van der Waals surface area contributed by atoms with Crippen molar-refractivity contribution in [2.45, 2.75) is 131 Å². The summed E-state index contributed by atoms with van der Waals surface area (Å²) >= 11 is 0. The van der Waals surface area contributed by atoms with E-state index in [0.29, 0.717) is 37.7 Å². The quantitative estimate of drug-likeness (QED) is 0.0648. The second-order valence-electron chi connectivity index (χ2n) is 17.6. The number of quaternary nitrogens is 2. The lowest BCUT2D eigenvalue weighted by molar-refractivity contribution is -0.703. The van der Waals surface area contributed by atoms with E-state index in [1.54, 1.807) is 7.05 Å². The number of piperidine rings is 2. The van der Waals surface area contributed by atoms with E-state index in [1.165, 1.54) is 7.11 Å². The van der Waals surface area contributed by atoms with Crippen molar-refractivity contribution < 1.29 is 65.0 Å². The molecule has 55 heavy (non-hydrogen) atoms. The van der Waals surface area contributed by atoms with Crippen LogP contribution in [0.4, 0.5) is 0 Å². The number of nitrogens with one attached hydrogen (secondary N) is 2. The molecule has 0 aromatic heterocycles. The van der Waals surface area contributed by atoms with Gasteiger partial charge in [0.25, 0.3) is 0 Å². The van der Waals surface area contributed by atoms with Gasteiger partial charge in [-0.1, -0.05) is 0 Å². The van der Waals surface area contributed by atoms with Gasteiger partial charge in [0.1, 0.15) is 47.8 Å². The van der Waals surface area contributed by atoms with Crippen molar-refractivity contribution in [1.29, 1.82) is 0 Å². The summed E-state index contributed by atoms with van der Waals surface area (Å²) in [6.45, 7) is 1.47. The molecule has 3 aliphatic heterocycles. The number of rotatable bonds is 12. The average Bonchev–Trinajstić information content (AvgIpc) is 3.18. The largest absolute Gasteiger partial charge is 0.394 e. The molecule has 18 atom stereocenters. The average molecular weight is 785 g/mol. The van der Waals surface area contributed by atoms with Crippen molar-refractivity contribution in [3.8, 4) is 0 Å². The number of aliphatic hydroxyl groups excluding tert-OH is 4. The predicted octanol–water partition coefficient (Wildman–Crippen LogP) is -6.34. The number of carbonyl (C=O) groups is 2. The van der Waals surface area contributed by atoms with Gasteiger partial charge in [0.15, 0.2) is 6.29 Å². The van der Waals surface area contributed by atoms with Crippen LogP contribution in [0.3, 0.4) is 0 Å². The minimum atomic E-state index is -1.96. The van der Waals surface area contributed by atoms with E-state index in [1.807, 2.05) is 0 Å². The van der Waals surface area contributed by atoms with Crippen molar-refractivity contribution in [2.24, 2.45) is 64.5 Å². The number of ketones is 2. The summed E-state index contributed by atoms with van der Waals surface area (Å²) in [7, 11) is 3.23. The lowest BCUT2D eigenvalue weighted by Crippen LogP contribution is -2.95. The van der Waals surface area contributed by atoms with Crippen LogP contribution in [0, 0.1) is 47.3 Å². The molecule has 3 saturated carbocycles. The maximum atomic E-state index is 14.8. The Morgan fingerprint density at radius 2 is 1.71 bits per heavy atom. The first-order valence-electron chi connectivity index (χ1n) is 20.8. The normalized spacial score (nSPS) is 46.9. The highest BCUT2D eigenvalue weighted by Crippen LogP contribution is 2.51. The van der Waals surface area contributed by atoms with Gasteiger partial charge in [-0.2, -0.15) is 0 Å². The maximum Gasteiger partial charge on any atom is 0.340 e. The Morgan fingerprint density at radius 1 is 0.945 bits per heavy atom. The van der Waals surface area contributed by atoms with Crippen LogP contribution in [0.15, 0.2) is 0 Å². The van der Waals surface area contributed by atoms with E-state index in [0.717, 1.165) is 51.6 Å². The van der Waals surface area contributed by atoms with Crippen molar-refractivity contribution in [3.05, 3.63) is 0 Å². The van der Waals surface area contributed by atoms with E-state index >= 15 is 0 Å². The third kappa shape index (κ3) is 9.08. The van der Waals surface area contributed by atoms with Gasteiger partial charge in [-0.15, -0.1) is 0 Å². The van der Waals surface area contributed by atoms with Crippen LogP contribution in [0.5, 0.6) is 0 Å². The van der Waals surface area contributed by atoms with E-state index in [9.17, 15) is 35.1 Å². The monoisotopic (exact) mass is 785 g/mol. The van der Waals surface area contributed by atoms with Gasteiger partial charge in [-0.25, -0.2) is 0 Å². The van der Waals surface area contributed by atoms with Crippen LogP contribution in [-0.4, -0.2) is 144 Å². The third-order valence-electron chi connectivity index (χ3n) is 14.4. The number of hydrogen-bond donors (Lipinski definition) is 12. The minimum absolute atomic E-state index is 0.0271. The molecule has 3 saturated heterocycles. The Hall–Kier alpha value is -1.87. The molecule has 6 aliphatic rings. The highest BCUT2D eigenvalue weighted by molar-refractivity contribution is 6.00. The summed E-state index contributed by atoms with van der Waals surface area (Å²) in [4.78, 5) is 32.2. The molecule has 0 amide bonds. The first kappa shape index (κ1) is 42.7. The summed E-state index contributed by atoms with van der Waals surface area (Å²) in [5.41, 5.74) is 16.3. The lowest BCUT2D eigenvalue weighted by Gasteiger charge is -2.53. The summed E-state index contributed by atoms with van der Waals surface area (Å²) in [6.07, 6.45) is -1.80. The maximum absolute atomic E-state index is 14.8. The smallest absolute Gasteiger partial charge is 0.340 e. The highest BCUT2D eigenvalue weighted by Gasteiger charge is 2.62. The first-order chi connectivity index (χ1) is 26.3. The zero-order valence-corrected chi connectivity index (χ0v) is 32.6. The molecule has 18 unspecified atom stereocenters. The number of ether oxygens (including phenoxy) is 3. The van der Waals surface area contributed by atoms with Crippen LogP contribution >= 0.6 is 0 Å². The molecule has 3 aliphatic carbocycles. The third-order valence-corrected chi connectivity index (χ3v) is 14.4. The zero-order chi connectivity index (χ0) is 39.6. The second-order valence-corrected chi connectivity index (χ2v) is 17.6. The molecule has 0 spiro atoms. The number of nitrogens with two attached hydrogens (primary N) is 5. The summed E-state index contributed by atoms with van der Waals surface area (Å²) in [5.74, 6) is -3.01. The lowest BCUT2D eigenvalue weighted by atomic mass is 9.53. The molecule has 17 nitrogen and oxygen atoms in total. The fourth-order valence-corrected chi connectivity index (χ4v) is 11.1. The summed E-state index contributed by atoms with van der Waals surface area (Å²) in [5, 5.41) is 64.3. The van der Waals surface area contributed by atoms with Crippen LogP contribution in [0.1, 0.15) is 70.6 Å². The van der Waals surface area contributed by atoms with Crippen molar-refractivity contribution >= 4 is 17.5 Å². The highest BCUT2D eigenvalue weighted by atomic mass is 16.7. The van der Waals surface area contributed by atoms with Crippen molar-refractivity contribution in [3.63, 3.8) is 0 Å². The Labute approximate surface area is 323 Å². The van der Waals surface area contributed by atoms with E-state index in [4.69, 9.17) is 31.4 Å². The van der Waals surface area contributed by atoms with E-state index in [-0.39, 0.29) is 54.5 Å². The molecule has 3 heterocycles. The Kier molecular flexibility index (Phi) is 14.3. The SMILES string of the molecule is C[NH+]=C(N)NCC1C(CCC2CCC(N)[NH2+]C2)CC2C(=O)C3CC(OC)CC(OC4OC(CO)C(O)(CCC5CC[NH2+]C(N)C5)C(O)C4O)C3C(=O)C2C1O. The van der Waals surface area contributed by atoms with E-state index in [2.05, 4.69) is 20.9 Å². The van der Waals surface area contributed by atoms with Crippen molar-refractivity contribution in [1.82, 2.24) is 5.32 Å². The van der Waals surface area contributed by atoms with Gasteiger partial charge in [0, 0.05) is 50.0 Å². The molecule has 6 rings (SSSR count). The molecule has 314 valence electrons. The number of fused-ring (bicyclic) bond motifs is 2. The topological polar surface area (TPSA) is 300 Å². The number of carbonyl (C=O) groups excluding carboxylic acids is 2. The second kappa shape index (κ2) is 18.4. The number of aliphatic hydroxyl groups is 5. The van der Waals surface area contributed by atoms with Gasteiger partial charge >= 0.3 is 5.96 Å². The molecule has 0 aromatic rings. The van der Waals surface area contributed by atoms with Gasteiger partial charge in [-0.05, 0) is 63.2 Å². The molecule has 0 aromatic carbocycles. The standard InChI is InChI=1S/C38H67N7O10/c1-42-37(41)45-16-24-20(5-3-19-4-6-27(39)44-15-19)12-22-30(32(24)48)33(49)29-23(31(22)47)13-21(53-2)14-25(29)54-36-34(50)35(51)38(52,26(17-46)55-36)9-7-18-8-10-43-28(40)11-18/h18-30,32,34-36,43-44,46,48,50-52H,3-17,39-40H2,1-2H3,(H3,41,42,45)/p+3. The first-order valence-corrected chi connectivity index (χ1v) is 20.8. The van der Waals surface area contributed by atoms with Gasteiger partial charge in [0.05, 0.1) is 63.4 Å². The zero-order valence-electron chi connectivity index (χ0n) is 32.6. The van der Waals surface area contributed by atoms with Crippen LogP contribution in [0.25, 0.3) is 0 Å². The fourth-order valence-electron chi connectivity index (χ4n) is 11.1. The number of guanidine groups is 1. The van der Waals surface area contributed by atoms with Crippen LogP contribution in [0.2, 0.25) is 0 Å². The number of Topliss-reactive ketones (excluding diaryl/α,β-unsaturated/α-hetero) is 2. The Morgan fingerprint density at radius 3 is 2.38 bits per heavy atom. The molecule has 6 fully saturated rings. The van der Waals surface area contributed by atoms with E-state index < -0.39 is 78.8 Å². The molecule has 0 bridgehead atoms. The molecular formula is C38H70N7O10+3. The van der Waals surface area contributed by atoms with Crippen molar-refractivity contribution in [2.75, 3.05) is 40.4 Å². The molecule has 17 N–H and O–H groups in total. The van der Waals surface area contributed by atoms with Gasteiger partial charge in [-0.3, -0.25) is 37.1 Å². The number of hydrogen-bond acceptors (Lipinski definition) is 12. The van der Waals surface area contributed by atoms with Gasteiger partial charge < -0.3 is 50.4 Å². The Balaban J connectivity index is 1.19. The van der Waals surface area contributed by atoms with Crippen LogP contribution in [-0.2, 0) is 23.8 Å². The molecule has 0 radical (unpaired) electrons. The fraction of sp³-hybridized carbons (Fsp3) is 0.921. The van der Waals surface area contributed by atoms with Crippen LogP contribution < -0.4 is 38.1 Å². The Bertz CT molecular complexity index is 1340. The van der Waals surface area contributed by atoms with Gasteiger partial charge in [0.2, 0.25) is 0 Å². The minimum Gasteiger partial charge on any atom is -0.394 e. The summed E-state index contributed by atoms with van der Waals surface area (Å²) in [6, 6.07) is 0. The summed E-state index contributed by atoms with van der Waals surface area (Å²) < 4.78 is 18.2. The number of methoxy groups -OCH3 is 1. The molecular weight excluding hydrogens is 714 g/mol. The predicted molar refractivity (Wildman–Crippen MR) is 197 cm³/mol. The molecule has 17 heteroatoms.